The standard InChI is InChI=1S/C20H24N4O/c1-4-24(14-17-7-11-19(12-8-17)23(2)3)15-20(25)22-18-9-5-16(13-21)6-10-18/h5-12H,4,14-15H2,1-3H3,(H,22,25). The van der Waals surface area contributed by atoms with Crippen molar-refractivity contribution in [3.8, 4) is 6.07 Å². The molecule has 0 aliphatic carbocycles. The monoisotopic (exact) mass is 336 g/mol. The normalized spacial score (nSPS) is 10.4. The van der Waals surface area contributed by atoms with Gasteiger partial charge in [0.15, 0.2) is 0 Å². The van der Waals surface area contributed by atoms with E-state index in [0.29, 0.717) is 17.8 Å². The highest BCUT2D eigenvalue weighted by molar-refractivity contribution is 5.92. The Bertz CT molecular complexity index is 730. The van der Waals surface area contributed by atoms with E-state index < -0.39 is 0 Å². The first-order valence-electron chi connectivity index (χ1n) is 8.30. The van der Waals surface area contributed by atoms with E-state index in [0.717, 1.165) is 18.8 Å². The molecule has 0 unspecified atom stereocenters. The largest absolute Gasteiger partial charge is 0.378 e. The highest BCUT2D eigenvalue weighted by atomic mass is 16.2. The highest BCUT2D eigenvalue weighted by Crippen LogP contribution is 2.14. The smallest absolute Gasteiger partial charge is 0.238 e. The summed E-state index contributed by atoms with van der Waals surface area (Å²) in [5.74, 6) is -0.0588. The van der Waals surface area contributed by atoms with Gasteiger partial charge in [0.1, 0.15) is 0 Å². The molecule has 2 rings (SSSR count). The third-order valence-electron chi connectivity index (χ3n) is 3.97. The average Bonchev–Trinajstić information content (AvgIpc) is 2.62. The van der Waals surface area contributed by atoms with E-state index in [-0.39, 0.29) is 5.91 Å². The molecule has 5 heteroatoms. The van der Waals surface area contributed by atoms with Crippen LogP contribution in [0.3, 0.4) is 0 Å². The van der Waals surface area contributed by atoms with Crippen molar-refractivity contribution in [3.63, 3.8) is 0 Å². The summed E-state index contributed by atoms with van der Waals surface area (Å²) >= 11 is 0. The SMILES string of the molecule is CCN(CC(=O)Nc1ccc(C#N)cc1)Cc1ccc(N(C)C)cc1. The van der Waals surface area contributed by atoms with Crippen LogP contribution in [0.2, 0.25) is 0 Å². The van der Waals surface area contributed by atoms with Gasteiger partial charge in [-0.1, -0.05) is 19.1 Å². The molecule has 130 valence electrons. The predicted octanol–water partition coefficient (Wildman–Crippen LogP) is 3.08. The molecule has 0 bridgehead atoms. The van der Waals surface area contributed by atoms with Crippen molar-refractivity contribution in [2.45, 2.75) is 13.5 Å². The summed E-state index contributed by atoms with van der Waals surface area (Å²) in [6.07, 6.45) is 0. The minimum absolute atomic E-state index is 0.0588. The van der Waals surface area contributed by atoms with Crippen LogP contribution >= 0.6 is 0 Å². The lowest BCUT2D eigenvalue weighted by molar-refractivity contribution is -0.117. The maximum absolute atomic E-state index is 12.2. The molecule has 0 saturated heterocycles. The number of anilines is 2. The lowest BCUT2D eigenvalue weighted by Crippen LogP contribution is -2.32. The minimum Gasteiger partial charge on any atom is -0.378 e. The number of nitrogens with one attached hydrogen (secondary N) is 1. The molecule has 1 amide bonds. The molecule has 2 aromatic rings. The molecule has 25 heavy (non-hydrogen) atoms. The Labute approximate surface area is 149 Å². The van der Waals surface area contributed by atoms with Gasteiger partial charge in [0.2, 0.25) is 5.91 Å². The van der Waals surface area contributed by atoms with E-state index >= 15 is 0 Å². The molecule has 0 aliphatic heterocycles. The zero-order chi connectivity index (χ0) is 18.2. The lowest BCUT2D eigenvalue weighted by atomic mass is 10.2. The van der Waals surface area contributed by atoms with Crippen LogP contribution < -0.4 is 10.2 Å². The van der Waals surface area contributed by atoms with Gasteiger partial charge in [0.25, 0.3) is 0 Å². The Balaban J connectivity index is 1.91. The van der Waals surface area contributed by atoms with Crippen molar-refractivity contribution in [1.29, 1.82) is 5.26 Å². The molecule has 1 N–H and O–H groups in total. The van der Waals surface area contributed by atoms with Crippen molar-refractivity contribution >= 4 is 17.3 Å². The van der Waals surface area contributed by atoms with Crippen molar-refractivity contribution in [1.82, 2.24) is 4.90 Å². The van der Waals surface area contributed by atoms with Crippen molar-refractivity contribution in [2.24, 2.45) is 0 Å². The van der Waals surface area contributed by atoms with Crippen LogP contribution in [0, 0.1) is 11.3 Å². The van der Waals surface area contributed by atoms with Crippen molar-refractivity contribution in [3.05, 3.63) is 59.7 Å². The van der Waals surface area contributed by atoms with E-state index in [2.05, 4.69) is 45.5 Å². The summed E-state index contributed by atoms with van der Waals surface area (Å²) in [4.78, 5) is 16.4. The predicted molar refractivity (Wildman–Crippen MR) is 102 cm³/mol. The number of carbonyl (C=O) groups is 1. The number of benzene rings is 2. The van der Waals surface area contributed by atoms with Gasteiger partial charge < -0.3 is 10.2 Å². The quantitative estimate of drug-likeness (QED) is 0.844. The summed E-state index contributed by atoms with van der Waals surface area (Å²) in [5.41, 5.74) is 3.62. The van der Waals surface area contributed by atoms with Gasteiger partial charge >= 0.3 is 0 Å². The molecule has 0 atom stereocenters. The molecule has 0 saturated carbocycles. The van der Waals surface area contributed by atoms with E-state index in [4.69, 9.17) is 5.26 Å². The summed E-state index contributed by atoms with van der Waals surface area (Å²) in [6.45, 7) is 3.89. The molecular formula is C20H24N4O. The summed E-state index contributed by atoms with van der Waals surface area (Å²) in [6, 6.07) is 17.3. The Kier molecular flexibility index (Phi) is 6.55. The van der Waals surface area contributed by atoms with Gasteiger partial charge in [-0.3, -0.25) is 9.69 Å². The molecule has 0 aliphatic rings. The second-order valence-corrected chi connectivity index (χ2v) is 6.10. The number of nitrogens with zero attached hydrogens (tertiary/aromatic N) is 3. The average molecular weight is 336 g/mol. The molecule has 0 fully saturated rings. The Morgan fingerprint density at radius 2 is 1.72 bits per heavy atom. The van der Waals surface area contributed by atoms with Crippen LogP contribution in [0.4, 0.5) is 11.4 Å². The summed E-state index contributed by atoms with van der Waals surface area (Å²) in [5, 5.41) is 11.7. The molecule has 5 nitrogen and oxygen atoms in total. The van der Waals surface area contributed by atoms with Gasteiger partial charge in [-0.15, -0.1) is 0 Å². The maximum Gasteiger partial charge on any atom is 0.238 e. The van der Waals surface area contributed by atoms with Gasteiger partial charge in [0, 0.05) is 32.0 Å². The highest BCUT2D eigenvalue weighted by Gasteiger charge is 2.10. The number of likely N-dealkylation sites (N-methyl/N-ethyl adjacent to an activating group) is 1. The van der Waals surface area contributed by atoms with Crippen molar-refractivity contribution < 1.29 is 4.79 Å². The van der Waals surface area contributed by atoms with E-state index in [1.807, 2.05) is 21.0 Å². The molecule has 0 aromatic heterocycles. The Morgan fingerprint density at radius 3 is 2.24 bits per heavy atom. The van der Waals surface area contributed by atoms with E-state index in [9.17, 15) is 4.79 Å². The van der Waals surface area contributed by atoms with Crippen LogP contribution in [0.1, 0.15) is 18.1 Å². The van der Waals surface area contributed by atoms with Gasteiger partial charge in [-0.05, 0) is 48.5 Å². The number of amides is 1. The molecule has 0 heterocycles. The minimum atomic E-state index is -0.0588. The maximum atomic E-state index is 12.2. The summed E-state index contributed by atoms with van der Waals surface area (Å²) < 4.78 is 0. The number of hydrogen-bond donors (Lipinski definition) is 1. The molecule has 0 radical (unpaired) electrons. The lowest BCUT2D eigenvalue weighted by Gasteiger charge is -2.20. The third kappa shape index (κ3) is 5.63. The van der Waals surface area contributed by atoms with Crippen LogP contribution in [0.25, 0.3) is 0 Å². The van der Waals surface area contributed by atoms with Crippen LogP contribution in [-0.4, -0.2) is 38.0 Å². The first-order valence-corrected chi connectivity index (χ1v) is 8.30. The number of hydrogen-bond acceptors (Lipinski definition) is 4. The Morgan fingerprint density at radius 1 is 1.08 bits per heavy atom. The fourth-order valence-corrected chi connectivity index (χ4v) is 2.47. The molecule has 0 spiro atoms. The fourth-order valence-electron chi connectivity index (χ4n) is 2.47. The third-order valence-corrected chi connectivity index (χ3v) is 3.97. The molecule has 2 aromatic carbocycles. The van der Waals surface area contributed by atoms with Crippen LogP contribution in [-0.2, 0) is 11.3 Å². The van der Waals surface area contributed by atoms with Crippen LogP contribution in [0.15, 0.2) is 48.5 Å². The topological polar surface area (TPSA) is 59.4 Å². The van der Waals surface area contributed by atoms with Crippen molar-refractivity contribution in [2.75, 3.05) is 37.4 Å². The zero-order valence-electron chi connectivity index (χ0n) is 15.0. The Hall–Kier alpha value is -2.84. The number of carbonyl (C=O) groups excluding carboxylic acids is 1. The summed E-state index contributed by atoms with van der Waals surface area (Å²) in [7, 11) is 4.03. The zero-order valence-corrected chi connectivity index (χ0v) is 15.0. The first kappa shape index (κ1) is 18.5. The number of rotatable bonds is 7. The van der Waals surface area contributed by atoms with Crippen LogP contribution in [0.5, 0.6) is 0 Å². The van der Waals surface area contributed by atoms with E-state index in [1.165, 1.54) is 5.56 Å². The van der Waals surface area contributed by atoms with Gasteiger partial charge in [-0.25, -0.2) is 0 Å². The van der Waals surface area contributed by atoms with E-state index in [1.54, 1.807) is 24.3 Å². The second kappa shape index (κ2) is 8.86. The van der Waals surface area contributed by atoms with Gasteiger partial charge in [-0.2, -0.15) is 5.26 Å². The second-order valence-electron chi connectivity index (χ2n) is 6.10. The van der Waals surface area contributed by atoms with Gasteiger partial charge in [0.05, 0.1) is 18.2 Å². The molecular weight excluding hydrogens is 312 g/mol. The number of nitriles is 1. The fraction of sp³-hybridized carbons (Fsp3) is 0.300. The first-order chi connectivity index (χ1) is 12.0.